The predicted molar refractivity (Wildman–Crippen MR) is 93.4 cm³/mol. The van der Waals surface area contributed by atoms with Gasteiger partial charge in [0.05, 0.1) is 13.5 Å². The van der Waals surface area contributed by atoms with Gasteiger partial charge < -0.3 is 9.15 Å². The zero-order valence-corrected chi connectivity index (χ0v) is 14.6. The Hall–Kier alpha value is -2.34. The van der Waals surface area contributed by atoms with Gasteiger partial charge in [-0.2, -0.15) is 0 Å². The van der Waals surface area contributed by atoms with Gasteiger partial charge in [0, 0.05) is 5.25 Å². The number of benzene rings is 2. The molecule has 1 aliphatic carbocycles. The smallest absolute Gasteiger partial charge is 0.277 e. The van der Waals surface area contributed by atoms with Crippen molar-refractivity contribution in [1.29, 1.82) is 0 Å². The van der Waals surface area contributed by atoms with Gasteiger partial charge in [-0.05, 0) is 53.8 Å². The molecule has 0 radical (unpaired) electrons. The van der Waals surface area contributed by atoms with E-state index >= 15 is 0 Å². The largest absolute Gasteiger partial charge is 0.497 e. The number of ether oxygens (including phenoxy) is 1. The zero-order chi connectivity index (χ0) is 17.2. The lowest BCUT2D eigenvalue weighted by molar-refractivity contribution is 0.413. The van der Waals surface area contributed by atoms with E-state index < -0.39 is 0 Å². The number of aryl methyl sites for hydroxylation is 1. The molecule has 0 N–H and O–H groups in total. The van der Waals surface area contributed by atoms with Gasteiger partial charge in [0.1, 0.15) is 11.6 Å². The Kier molecular flexibility index (Phi) is 4.44. The van der Waals surface area contributed by atoms with Gasteiger partial charge in [-0.25, -0.2) is 4.39 Å². The third kappa shape index (κ3) is 3.54. The van der Waals surface area contributed by atoms with Crippen LogP contribution in [0.15, 0.2) is 52.1 Å². The predicted octanol–water partition coefficient (Wildman–Crippen LogP) is 4.59. The second-order valence-electron chi connectivity index (χ2n) is 5.97. The number of hydrogen-bond donors (Lipinski definition) is 0. The minimum absolute atomic E-state index is 0.167. The summed E-state index contributed by atoms with van der Waals surface area (Å²) < 4.78 is 24.4. The maximum atomic E-state index is 13.5. The van der Waals surface area contributed by atoms with Crippen molar-refractivity contribution < 1.29 is 13.5 Å². The Bertz CT molecular complexity index is 879. The Morgan fingerprint density at radius 1 is 1.20 bits per heavy atom. The number of aromatic nitrogens is 2. The van der Waals surface area contributed by atoms with Gasteiger partial charge in [-0.1, -0.05) is 30.0 Å². The molecule has 25 heavy (non-hydrogen) atoms. The summed E-state index contributed by atoms with van der Waals surface area (Å²) in [7, 11) is 1.64. The Morgan fingerprint density at radius 2 is 2.04 bits per heavy atom. The van der Waals surface area contributed by atoms with Crippen molar-refractivity contribution in [2.75, 3.05) is 7.11 Å². The van der Waals surface area contributed by atoms with Gasteiger partial charge in [-0.15, -0.1) is 10.2 Å². The Morgan fingerprint density at radius 3 is 2.84 bits per heavy atom. The van der Waals surface area contributed by atoms with Crippen LogP contribution in [0.1, 0.15) is 34.3 Å². The fourth-order valence-electron chi connectivity index (χ4n) is 3.05. The van der Waals surface area contributed by atoms with E-state index in [0.29, 0.717) is 17.5 Å². The summed E-state index contributed by atoms with van der Waals surface area (Å²) in [4.78, 5) is 0. The molecule has 1 atom stereocenters. The van der Waals surface area contributed by atoms with E-state index in [-0.39, 0.29) is 11.1 Å². The van der Waals surface area contributed by atoms with Gasteiger partial charge in [-0.3, -0.25) is 0 Å². The van der Waals surface area contributed by atoms with Crippen molar-refractivity contribution in [3.63, 3.8) is 0 Å². The average Bonchev–Trinajstić information content (AvgIpc) is 3.23. The third-order valence-electron chi connectivity index (χ3n) is 4.34. The molecule has 1 unspecified atom stereocenters. The van der Waals surface area contributed by atoms with Crippen LogP contribution in [0.3, 0.4) is 0 Å². The van der Waals surface area contributed by atoms with Crippen LogP contribution in [0, 0.1) is 5.82 Å². The molecule has 0 fully saturated rings. The van der Waals surface area contributed by atoms with Crippen LogP contribution in [0.5, 0.6) is 5.75 Å². The van der Waals surface area contributed by atoms with Crippen molar-refractivity contribution in [3.8, 4) is 5.75 Å². The van der Waals surface area contributed by atoms with E-state index in [1.807, 2.05) is 30.3 Å². The molecule has 128 valence electrons. The van der Waals surface area contributed by atoms with Crippen LogP contribution in [-0.4, -0.2) is 17.3 Å². The number of nitrogens with zero attached hydrogens (tertiary/aromatic N) is 2. The minimum Gasteiger partial charge on any atom is -0.497 e. The highest BCUT2D eigenvalue weighted by Gasteiger charge is 2.26. The monoisotopic (exact) mass is 356 g/mol. The van der Waals surface area contributed by atoms with E-state index in [0.717, 1.165) is 29.7 Å². The maximum absolute atomic E-state index is 13.5. The lowest BCUT2D eigenvalue weighted by atomic mass is 10.1. The highest BCUT2D eigenvalue weighted by atomic mass is 32.2. The minimum atomic E-state index is -0.197. The molecule has 0 aliphatic heterocycles. The summed E-state index contributed by atoms with van der Waals surface area (Å²) in [5.74, 6) is 1.19. The van der Waals surface area contributed by atoms with Crippen molar-refractivity contribution >= 4 is 11.8 Å². The van der Waals surface area contributed by atoms with Gasteiger partial charge in [0.2, 0.25) is 5.89 Å². The molecule has 1 heterocycles. The second-order valence-corrected chi connectivity index (χ2v) is 7.13. The average molecular weight is 356 g/mol. The first-order chi connectivity index (χ1) is 12.2. The Balaban J connectivity index is 1.44. The maximum Gasteiger partial charge on any atom is 0.277 e. The quantitative estimate of drug-likeness (QED) is 0.669. The molecule has 3 aromatic rings. The van der Waals surface area contributed by atoms with E-state index in [1.165, 1.54) is 23.4 Å². The van der Waals surface area contributed by atoms with Crippen molar-refractivity contribution in [3.05, 3.63) is 70.9 Å². The van der Waals surface area contributed by atoms with E-state index in [9.17, 15) is 4.39 Å². The van der Waals surface area contributed by atoms with Gasteiger partial charge in [0.15, 0.2) is 0 Å². The lowest BCUT2D eigenvalue weighted by Crippen LogP contribution is -1.89. The first kappa shape index (κ1) is 16.1. The lowest BCUT2D eigenvalue weighted by Gasteiger charge is -2.07. The van der Waals surface area contributed by atoms with Crippen molar-refractivity contribution in [2.24, 2.45) is 0 Å². The van der Waals surface area contributed by atoms with Gasteiger partial charge >= 0.3 is 0 Å². The number of fused-ring (bicyclic) bond motifs is 1. The van der Waals surface area contributed by atoms with Crippen LogP contribution < -0.4 is 4.74 Å². The van der Waals surface area contributed by atoms with E-state index in [2.05, 4.69) is 10.2 Å². The standard InChI is InChI=1S/C19H17FN2O2S/c1-23-15-7-2-12(3-8-15)10-18-21-22-19(24-18)25-17-9-5-13-4-6-14(20)11-16(13)17/h2-4,6-8,11,17H,5,9-10H2,1H3. The van der Waals surface area contributed by atoms with Crippen LogP contribution >= 0.6 is 11.8 Å². The topological polar surface area (TPSA) is 48.2 Å². The summed E-state index contributed by atoms with van der Waals surface area (Å²) in [5, 5.41) is 8.96. The fourth-order valence-corrected chi connectivity index (χ4v) is 4.11. The molecule has 0 amide bonds. The number of hydrogen-bond acceptors (Lipinski definition) is 5. The van der Waals surface area contributed by atoms with Crippen molar-refractivity contribution in [1.82, 2.24) is 10.2 Å². The fraction of sp³-hybridized carbons (Fsp3) is 0.263. The highest BCUT2D eigenvalue weighted by molar-refractivity contribution is 7.99. The van der Waals surface area contributed by atoms with Crippen molar-refractivity contribution in [2.45, 2.75) is 29.7 Å². The second kappa shape index (κ2) is 6.88. The first-order valence-corrected chi connectivity index (χ1v) is 8.99. The van der Waals surface area contributed by atoms with E-state index in [1.54, 1.807) is 13.2 Å². The molecule has 6 heteroatoms. The molecule has 4 nitrogen and oxygen atoms in total. The first-order valence-electron chi connectivity index (χ1n) is 8.11. The normalized spacial score (nSPS) is 16.0. The Labute approximate surface area is 149 Å². The van der Waals surface area contributed by atoms with Crippen LogP contribution in [0.2, 0.25) is 0 Å². The number of halogens is 1. The molecule has 1 aromatic heterocycles. The van der Waals surface area contributed by atoms with Crippen LogP contribution in [-0.2, 0) is 12.8 Å². The summed E-state index contributed by atoms with van der Waals surface area (Å²) in [5.41, 5.74) is 3.33. The molecule has 1 aliphatic rings. The van der Waals surface area contributed by atoms with E-state index in [4.69, 9.17) is 9.15 Å². The van der Waals surface area contributed by atoms with Gasteiger partial charge in [0.25, 0.3) is 5.22 Å². The molecule has 0 saturated heterocycles. The summed E-state index contributed by atoms with van der Waals surface area (Å²) in [6.45, 7) is 0. The molecule has 2 aromatic carbocycles. The zero-order valence-electron chi connectivity index (χ0n) is 13.7. The summed E-state index contributed by atoms with van der Waals surface area (Å²) in [6.07, 6.45) is 2.49. The number of rotatable bonds is 5. The summed E-state index contributed by atoms with van der Waals surface area (Å²) in [6, 6.07) is 12.8. The SMILES string of the molecule is COc1ccc(Cc2nnc(SC3CCc4ccc(F)cc43)o2)cc1. The third-order valence-corrected chi connectivity index (χ3v) is 5.48. The highest BCUT2D eigenvalue weighted by Crippen LogP contribution is 2.44. The molecule has 0 saturated carbocycles. The number of methoxy groups -OCH3 is 1. The van der Waals surface area contributed by atoms with Crippen LogP contribution in [0.4, 0.5) is 4.39 Å². The molecule has 4 rings (SSSR count). The van der Waals surface area contributed by atoms with Crippen LogP contribution in [0.25, 0.3) is 0 Å². The number of thioether (sulfide) groups is 1. The molecule has 0 spiro atoms. The molecular formula is C19H17FN2O2S. The molecular weight excluding hydrogens is 339 g/mol. The summed E-state index contributed by atoms with van der Waals surface area (Å²) >= 11 is 1.51. The molecule has 0 bridgehead atoms.